The Bertz CT molecular complexity index is 992. The average Bonchev–Trinajstić information content (AvgIpc) is 2.74. The lowest BCUT2D eigenvalue weighted by molar-refractivity contribution is 0.608. The zero-order valence-electron chi connectivity index (χ0n) is 13.6. The molecular formula is C18H17FN2O2S. The molecule has 0 unspecified atom stereocenters. The minimum absolute atomic E-state index is 0.147. The summed E-state index contributed by atoms with van der Waals surface area (Å²) in [5.74, 6) is -0.321. The Morgan fingerprint density at radius 2 is 1.71 bits per heavy atom. The fourth-order valence-electron chi connectivity index (χ4n) is 2.59. The van der Waals surface area contributed by atoms with Gasteiger partial charge in [-0.3, -0.25) is 0 Å². The summed E-state index contributed by atoms with van der Waals surface area (Å²) in [5, 5.41) is 2.78. The van der Waals surface area contributed by atoms with E-state index in [-0.39, 0.29) is 16.4 Å². The van der Waals surface area contributed by atoms with E-state index < -0.39 is 15.8 Å². The Kier molecular flexibility index (Phi) is 4.01. The molecular weight excluding hydrogens is 327 g/mol. The second-order valence-electron chi connectivity index (χ2n) is 5.77. The SMILES string of the molecule is CC1=C(c2ccc(C)c(C)c2)S(=O)(=O)N=C1Nc1ccccc1F. The molecule has 24 heavy (non-hydrogen) atoms. The van der Waals surface area contributed by atoms with Gasteiger partial charge < -0.3 is 5.32 Å². The molecule has 1 N–H and O–H groups in total. The Morgan fingerprint density at radius 1 is 1.00 bits per heavy atom. The number of rotatable bonds is 2. The van der Waals surface area contributed by atoms with Gasteiger partial charge in [-0.05, 0) is 49.6 Å². The van der Waals surface area contributed by atoms with E-state index in [4.69, 9.17) is 0 Å². The molecule has 0 bridgehead atoms. The minimum Gasteiger partial charge on any atom is -0.337 e. The molecule has 1 aliphatic rings. The van der Waals surface area contributed by atoms with E-state index in [1.54, 1.807) is 25.1 Å². The molecule has 0 aliphatic carbocycles. The molecule has 1 aliphatic heterocycles. The molecule has 0 atom stereocenters. The number of hydrogen-bond donors (Lipinski definition) is 1. The van der Waals surface area contributed by atoms with Gasteiger partial charge in [-0.1, -0.05) is 30.3 Å². The van der Waals surface area contributed by atoms with E-state index in [0.717, 1.165) is 11.1 Å². The van der Waals surface area contributed by atoms with E-state index in [2.05, 4.69) is 9.71 Å². The predicted molar refractivity (Wildman–Crippen MR) is 94.9 cm³/mol. The monoisotopic (exact) mass is 344 g/mol. The highest BCUT2D eigenvalue weighted by Gasteiger charge is 2.31. The lowest BCUT2D eigenvalue weighted by Gasteiger charge is -2.09. The number of anilines is 1. The van der Waals surface area contributed by atoms with E-state index in [0.29, 0.717) is 11.1 Å². The molecule has 4 nitrogen and oxygen atoms in total. The number of aryl methyl sites for hydroxylation is 2. The Hall–Kier alpha value is -2.47. The van der Waals surface area contributed by atoms with Gasteiger partial charge in [0.25, 0.3) is 10.0 Å². The van der Waals surface area contributed by atoms with Gasteiger partial charge >= 0.3 is 0 Å². The topological polar surface area (TPSA) is 58.5 Å². The molecule has 0 fully saturated rings. The zero-order valence-corrected chi connectivity index (χ0v) is 14.4. The number of benzene rings is 2. The summed E-state index contributed by atoms with van der Waals surface area (Å²) in [7, 11) is -3.82. The van der Waals surface area contributed by atoms with E-state index in [1.807, 2.05) is 26.0 Å². The molecule has 124 valence electrons. The first kappa shape index (κ1) is 16.4. The highest BCUT2D eigenvalue weighted by atomic mass is 32.2. The first-order valence-electron chi connectivity index (χ1n) is 7.45. The second-order valence-corrected chi connectivity index (χ2v) is 7.31. The van der Waals surface area contributed by atoms with Crippen molar-refractivity contribution in [2.75, 3.05) is 5.32 Å². The summed E-state index contributed by atoms with van der Waals surface area (Å²) in [4.78, 5) is 0.157. The van der Waals surface area contributed by atoms with Crippen LogP contribution in [0.5, 0.6) is 0 Å². The molecule has 3 rings (SSSR count). The number of amidine groups is 1. The highest BCUT2D eigenvalue weighted by molar-refractivity contribution is 8.00. The van der Waals surface area contributed by atoms with E-state index >= 15 is 0 Å². The van der Waals surface area contributed by atoms with Gasteiger partial charge in [0.15, 0.2) is 0 Å². The molecule has 0 saturated heterocycles. The van der Waals surface area contributed by atoms with Crippen LogP contribution in [-0.4, -0.2) is 14.3 Å². The van der Waals surface area contributed by atoms with Crippen molar-refractivity contribution in [1.29, 1.82) is 0 Å². The third-order valence-corrected chi connectivity index (χ3v) is 5.54. The number of hydrogen-bond acceptors (Lipinski definition) is 3. The molecule has 2 aromatic rings. The van der Waals surface area contributed by atoms with Gasteiger partial charge in [0.2, 0.25) is 0 Å². The summed E-state index contributed by atoms with van der Waals surface area (Å²) < 4.78 is 42.5. The molecule has 0 saturated carbocycles. The van der Waals surface area contributed by atoms with Crippen LogP contribution in [0.3, 0.4) is 0 Å². The van der Waals surface area contributed by atoms with Crippen LogP contribution in [0, 0.1) is 19.7 Å². The maximum atomic E-state index is 13.8. The Morgan fingerprint density at radius 3 is 2.38 bits per heavy atom. The smallest absolute Gasteiger partial charge is 0.285 e. The van der Waals surface area contributed by atoms with Crippen molar-refractivity contribution in [3.63, 3.8) is 0 Å². The summed E-state index contributed by atoms with van der Waals surface area (Å²) in [6.45, 7) is 5.56. The number of nitrogens with zero attached hydrogens (tertiary/aromatic N) is 1. The summed E-state index contributed by atoms with van der Waals surface area (Å²) >= 11 is 0. The Labute approximate surface area is 140 Å². The average molecular weight is 344 g/mol. The molecule has 0 radical (unpaired) electrons. The summed E-state index contributed by atoms with van der Waals surface area (Å²) in [6.07, 6.45) is 0. The van der Waals surface area contributed by atoms with Crippen LogP contribution in [0.15, 0.2) is 52.4 Å². The van der Waals surface area contributed by atoms with Gasteiger partial charge in [-0.25, -0.2) is 4.39 Å². The maximum absolute atomic E-state index is 13.8. The normalized spacial score (nSPS) is 16.2. The molecule has 0 spiro atoms. The predicted octanol–water partition coefficient (Wildman–Crippen LogP) is 4.03. The summed E-state index contributed by atoms with van der Waals surface area (Å²) in [6, 6.07) is 11.5. The molecule has 1 heterocycles. The first-order valence-corrected chi connectivity index (χ1v) is 8.89. The molecule has 6 heteroatoms. The van der Waals surface area contributed by atoms with Crippen LogP contribution in [0.2, 0.25) is 0 Å². The minimum atomic E-state index is -3.82. The second kappa shape index (κ2) is 5.87. The van der Waals surface area contributed by atoms with Crippen LogP contribution in [0.25, 0.3) is 4.91 Å². The number of halogens is 1. The fraction of sp³-hybridized carbons (Fsp3) is 0.167. The number of nitrogens with one attached hydrogen (secondary N) is 1. The quantitative estimate of drug-likeness (QED) is 0.895. The molecule has 0 amide bonds. The third-order valence-electron chi connectivity index (χ3n) is 4.06. The van der Waals surface area contributed by atoms with Crippen LogP contribution in [0.1, 0.15) is 23.6 Å². The van der Waals surface area contributed by atoms with Crippen LogP contribution in [-0.2, 0) is 10.0 Å². The third kappa shape index (κ3) is 2.85. The largest absolute Gasteiger partial charge is 0.337 e. The fourth-order valence-corrected chi connectivity index (χ4v) is 4.01. The van der Waals surface area contributed by atoms with Crippen molar-refractivity contribution >= 4 is 26.5 Å². The summed E-state index contributed by atoms with van der Waals surface area (Å²) in [5.41, 5.74) is 3.33. The van der Waals surface area contributed by atoms with Gasteiger partial charge in [-0.2, -0.15) is 8.42 Å². The lowest BCUT2D eigenvalue weighted by Crippen LogP contribution is -2.12. The van der Waals surface area contributed by atoms with Crippen molar-refractivity contribution in [2.24, 2.45) is 4.40 Å². The maximum Gasteiger partial charge on any atom is 0.285 e. The van der Waals surface area contributed by atoms with Crippen LogP contribution >= 0.6 is 0 Å². The number of para-hydroxylation sites is 1. The van der Waals surface area contributed by atoms with Crippen LogP contribution in [0.4, 0.5) is 10.1 Å². The molecule has 2 aromatic carbocycles. The standard InChI is InChI=1S/C18H17FN2O2S/c1-11-8-9-14(10-12(11)2)17-13(3)18(21-24(17,22)23)20-16-7-5-4-6-15(16)19/h4-10H,1-3H3,(H,20,21). The number of sulfonamides is 1. The van der Waals surface area contributed by atoms with Gasteiger partial charge in [0.05, 0.1) is 5.69 Å². The van der Waals surface area contributed by atoms with Crippen molar-refractivity contribution in [3.05, 3.63) is 70.5 Å². The lowest BCUT2D eigenvalue weighted by atomic mass is 10.0. The van der Waals surface area contributed by atoms with Gasteiger partial charge in [0.1, 0.15) is 16.6 Å². The van der Waals surface area contributed by atoms with Crippen molar-refractivity contribution < 1.29 is 12.8 Å². The first-order chi connectivity index (χ1) is 11.3. The van der Waals surface area contributed by atoms with Crippen molar-refractivity contribution in [2.45, 2.75) is 20.8 Å². The Balaban J connectivity index is 2.06. The van der Waals surface area contributed by atoms with Crippen molar-refractivity contribution in [3.8, 4) is 0 Å². The van der Waals surface area contributed by atoms with Crippen molar-refractivity contribution in [1.82, 2.24) is 0 Å². The molecule has 0 aromatic heterocycles. The highest BCUT2D eigenvalue weighted by Crippen LogP contribution is 2.34. The van der Waals surface area contributed by atoms with Gasteiger partial charge in [-0.15, -0.1) is 4.40 Å². The van der Waals surface area contributed by atoms with E-state index in [1.165, 1.54) is 12.1 Å². The van der Waals surface area contributed by atoms with E-state index in [9.17, 15) is 12.8 Å². The van der Waals surface area contributed by atoms with Crippen LogP contribution < -0.4 is 5.32 Å². The van der Waals surface area contributed by atoms with Gasteiger partial charge in [0, 0.05) is 5.57 Å². The zero-order chi connectivity index (χ0) is 17.5.